The minimum Gasteiger partial charge on any atom is -0.599 e. The first-order valence-electron chi connectivity index (χ1n) is 2.56. The SMILES string of the molecule is N=[N+]([O-])C1CCSC1=O. The fourth-order valence-electron chi connectivity index (χ4n) is 0.698. The second-order valence-corrected chi connectivity index (χ2v) is 2.90. The minimum atomic E-state index is -0.699. The van der Waals surface area contributed by atoms with Gasteiger partial charge in [0.15, 0.2) is 0 Å². The molecule has 0 aromatic heterocycles. The lowest BCUT2D eigenvalue weighted by molar-refractivity contribution is -0.573. The summed E-state index contributed by atoms with van der Waals surface area (Å²) in [5, 5.41) is 10.0. The lowest BCUT2D eigenvalue weighted by Gasteiger charge is -2.00. The Balaban J connectivity index is 2.60. The third-order valence-corrected chi connectivity index (χ3v) is 2.19. The van der Waals surface area contributed by atoms with Gasteiger partial charge in [0.05, 0.1) is 0 Å². The van der Waals surface area contributed by atoms with E-state index < -0.39 is 6.04 Å². The van der Waals surface area contributed by atoms with E-state index in [0.717, 1.165) is 11.8 Å². The number of nitrogens with zero attached hydrogens (tertiary/aromatic N) is 1. The molecular weight excluding hydrogens is 140 g/mol. The standard InChI is InChI=1S/C4H6N2O2S/c5-6(8)3-1-2-9-4(3)7/h3,5H,1-2H2. The lowest BCUT2D eigenvalue weighted by atomic mass is 10.3. The van der Waals surface area contributed by atoms with Crippen molar-refractivity contribution >= 4 is 16.9 Å². The predicted molar refractivity (Wildman–Crippen MR) is 32.2 cm³/mol. The molecule has 1 rings (SSSR count). The third kappa shape index (κ3) is 1.21. The Kier molecular flexibility index (Phi) is 1.70. The van der Waals surface area contributed by atoms with Crippen LogP contribution in [-0.4, -0.2) is 21.8 Å². The summed E-state index contributed by atoms with van der Waals surface area (Å²) in [4.78, 5) is 10.6. The topological polar surface area (TPSA) is 67.0 Å². The van der Waals surface area contributed by atoms with Crippen LogP contribution in [0.3, 0.4) is 0 Å². The molecule has 0 radical (unpaired) electrons. The molecule has 50 valence electrons. The van der Waals surface area contributed by atoms with Crippen LogP contribution in [0.15, 0.2) is 0 Å². The number of hydroxylamine groups is 1. The summed E-state index contributed by atoms with van der Waals surface area (Å²) in [5.74, 6) is 0.682. The molecule has 0 saturated carbocycles. The van der Waals surface area contributed by atoms with Crippen molar-refractivity contribution in [2.75, 3.05) is 5.75 Å². The summed E-state index contributed by atoms with van der Waals surface area (Å²) in [6.45, 7) is 0. The summed E-state index contributed by atoms with van der Waals surface area (Å²) < 4.78 is 0. The molecule has 1 heterocycles. The zero-order valence-corrected chi connectivity index (χ0v) is 5.48. The van der Waals surface area contributed by atoms with Gasteiger partial charge in [-0.2, -0.15) is 0 Å². The van der Waals surface area contributed by atoms with Crippen LogP contribution in [0.4, 0.5) is 0 Å². The Morgan fingerprint density at radius 1 is 1.89 bits per heavy atom. The number of thioether (sulfide) groups is 1. The fraction of sp³-hybridized carbons (Fsp3) is 0.750. The molecule has 0 aromatic carbocycles. The van der Waals surface area contributed by atoms with E-state index in [4.69, 9.17) is 5.53 Å². The first-order chi connectivity index (χ1) is 4.22. The van der Waals surface area contributed by atoms with E-state index in [9.17, 15) is 10.0 Å². The molecule has 9 heavy (non-hydrogen) atoms. The van der Waals surface area contributed by atoms with Crippen molar-refractivity contribution in [3.05, 3.63) is 5.21 Å². The van der Waals surface area contributed by atoms with Gasteiger partial charge in [0, 0.05) is 12.2 Å². The van der Waals surface area contributed by atoms with Crippen LogP contribution in [0.1, 0.15) is 6.42 Å². The summed E-state index contributed by atoms with van der Waals surface area (Å²) in [6.07, 6.45) is 0.524. The van der Waals surface area contributed by atoms with Crippen LogP contribution in [-0.2, 0) is 4.79 Å². The van der Waals surface area contributed by atoms with E-state index in [-0.39, 0.29) is 9.98 Å². The number of rotatable bonds is 1. The number of hydrogen-bond donors (Lipinski definition) is 1. The maximum atomic E-state index is 10.6. The van der Waals surface area contributed by atoms with Gasteiger partial charge >= 0.3 is 0 Å². The van der Waals surface area contributed by atoms with E-state index in [1.54, 1.807) is 0 Å². The number of nitrogens with one attached hydrogen (secondary N) is 1. The molecule has 1 N–H and O–H groups in total. The highest BCUT2D eigenvalue weighted by Gasteiger charge is 2.32. The van der Waals surface area contributed by atoms with Crippen molar-refractivity contribution in [2.24, 2.45) is 0 Å². The average molecular weight is 146 g/mol. The zero-order valence-electron chi connectivity index (χ0n) is 4.66. The highest BCUT2D eigenvalue weighted by molar-refractivity contribution is 8.14. The van der Waals surface area contributed by atoms with Crippen LogP contribution in [0, 0.1) is 10.7 Å². The normalized spacial score (nSPS) is 26.7. The predicted octanol–water partition coefficient (Wildman–Crippen LogP) is 0.560. The molecule has 1 fully saturated rings. The number of carbonyl (C=O) groups is 1. The molecule has 1 aliphatic rings. The van der Waals surface area contributed by atoms with Gasteiger partial charge in [0.2, 0.25) is 0 Å². The molecule has 1 saturated heterocycles. The van der Waals surface area contributed by atoms with Gasteiger partial charge in [-0.25, -0.2) is 0 Å². The van der Waals surface area contributed by atoms with Crippen molar-refractivity contribution < 1.29 is 9.66 Å². The summed E-state index contributed by atoms with van der Waals surface area (Å²) >= 11 is 1.13. The van der Waals surface area contributed by atoms with Crippen molar-refractivity contribution in [1.29, 1.82) is 5.53 Å². The first kappa shape index (κ1) is 6.54. The lowest BCUT2D eigenvalue weighted by Crippen LogP contribution is -2.22. The Hall–Kier alpha value is -0.580. The van der Waals surface area contributed by atoms with Crippen LogP contribution in [0.25, 0.3) is 0 Å². The molecule has 0 spiro atoms. The molecule has 0 amide bonds. The molecule has 1 aliphatic heterocycles. The van der Waals surface area contributed by atoms with E-state index in [2.05, 4.69) is 0 Å². The summed E-state index contributed by atoms with van der Waals surface area (Å²) in [7, 11) is 0. The Labute approximate surface area is 56.3 Å². The van der Waals surface area contributed by atoms with Gasteiger partial charge in [0.25, 0.3) is 11.2 Å². The quantitative estimate of drug-likeness (QED) is 0.334. The molecular formula is C4H6N2O2S. The average Bonchev–Trinajstić information content (AvgIpc) is 2.13. The smallest absolute Gasteiger partial charge is 0.260 e. The van der Waals surface area contributed by atoms with Crippen LogP contribution >= 0.6 is 11.8 Å². The molecule has 0 aliphatic carbocycles. The van der Waals surface area contributed by atoms with Crippen LogP contribution < -0.4 is 0 Å². The zero-order chi connectivity index (χ0) is 6.85. The van der Waals surface area contributed by atoms with Gasteiger partial charge in [0.1, 0.15) is 0 Å². The summed E-state index contributed by atoms with van der Waals surface area (Å²) in [6, 6.07) is -0.699. The van der Waals surface area contributed by atoms with Gasteiger partial charge in [-0.15, -0.1) is 0 Å². The molecule has 0 bridgehead atoms. The van der Waals surface area contributed by atoms with E-state index in [1.165, 1.54) is 0 Å². The molecule has 0 aromatic rings. The largest absolute Gasteiger partial charge is 0.599 e. The molecule has 1 unspecified atom stereocenters. The first-order valence-corrected chi connectivity index (χ1v) is 3.54. The van der Waals surface area contributed by atoms with Crippen molar-refractivity contribution in [3.8, 4) is 0 Å². The Morgan fingerprint density at radius 3 is 2.78 bits per heavy atom. The number of hydrogen-bond acceptors (Lipinski definition) is 4. The van der Waals surface area contributed by atoms with Gasteiger partial charge in [-0.05, 0) is 5.53 Å². The second-order valence-electron chi connectivity index (χ2n) is 1.80. The fourth-order valence-corrected chi connectivity index (χ4v) is 1.65. The van der Waals surface area contributed by atoms with Gasteiger partial charge in [-0.3, -0.25) is 4.79 Å². The number of carbonyl (C=O) groups excluding carboxylic acids is 1. The van der Waals surface area contributed by atoms with Gasteiger partial charge in [-0.1, -0.05) is 16.6 Å². The van der Waals surface area contributed by atoms with Crippen LogP contribution in [0.2, 0.25) is 0 Å². The maximum Gasteiger partial charge on any atom is 0.260 e. The van der Waals surface area contributed by atoms with Crippen LogP contribution in [0.5, 0.6) is 0 Å². The molecule has 1 atom stereocenters. The molecule has 5 heteroatoms. The van der Waals surface area contributed by atoms with E-state index in [1.807, 2.05) is 0 Å². The summed E-state index contributed by atoms with van der Waals surface area (Å²) in [5.41, 5.74) is 6.55. The third-order valence-electron chi connectivity index (χ3n) is 1.19. The molecule has 4 nitrogen and oxygen atoms in total. The second kappa shape index (κ2) is 2.34. The van der Waals surface area contributed by atoms with Crippen molar-refractivity contribution in [3.63, 3.8) is 0 Å². The highest BCUT2D eigenvalue weighted by Crippen LogP contribution is 2.21. The van der Waals surface area contributed by atoms with E-state index in [0.29, 0.717) is 12.2 Å². The van der Waals surface area contributed by atoms with Crippen molar-refractivity contribution in [1.82, 2.24) is 0 Å². The van der Waals surface area contributed by atoms with E-state index >= 15 is 0 Å². The maximum absolute atomic E-state index is 10.6. The Bertz CT molecular complexity index is 159. The Morgan fingerprint density at radius 2 is 2.56 bits per heavy atom. The monoisotopic (exact) mass is 146 g/mol. The minimum absolute atomic E-state index is 0.0116. The van der Waals surface area contributed by atoms with Gasteiger partial charge < -0.3 is 5.21 Å². The highest BCUT2D eigenvalue weighted by atomic mass is 32.2. The van der Waals surface area contributed by atoms with Crippen molar-refractivity contribution in [2.45, 2.75) is 12.5 Å².